The zero-order valence-corrected chi connectivity index (χ0v) is 8.85. The Hall–Kier alpha value is -1.06. The molecule has 1 aromatic carbocycles. The van der Waals surface area contributed by atoms with Crippen LogP contribution in [0, 0.1) is 0 Å². The fourth-order valence-electron chi connectivity index (χ4n) is 1.65. The van der Waals surface area contributed by atoms with E-state index in [-0.39, 0.29) is 6.10 Å². The quantitative estimate of drug-likeness (QED) is 0.824. The van der Waals surface area contributed by atoms with Crippen molar-refractivity contribution in [3.05, 3.63) is 29.8 Å². The molecule has 2 rings (SSSR count). The molecule has 0 aromatic heterocycles. The second kappa shape index (κ2) is 4.64. The van der Waals surface area contributed by atoms with E-state index < -0.39 is 6.10 Å². The standard InChI is InChI=1S/C12H16O3/c1-9(13)10-3-2-4-11(7-10)15-12-5-6-14-8-12/h2-4,7,9,12-13H,5-6,8H2,1H3. The molecule has 1 aliphatic heterocycles. The lowest BCUT2D eigenvalue weighted by molar-refractivity contribution is 0.141. The molecule has 0 amide bonds. The molecular weight excluding hydrogens is 192 g/mol. The van der Waals surface area contributed by atoms with Gasteiger partial charge in [-0.15, -0.1) is 0 Å². The average Bonchev–Trinajstić information content (AvgIpc) is 2.71. The minimum absolute atomic E-state index is 0.161. The highest BCUT2D eigenvalue weighted by Gasteiger charge is 2.17. The van der Waals surface area contributed by atoms with E-state index in [0.717, 1.165) is 24.3 Å². The first-order valence-electron chi connectivity index (χ1n) is 5.28. The van der Waals surface area contributed by atoms with E-state index in [1.165, 1.54) is 0 Å². The van der Waals surface area contributed by atoms with Gasteiger partial charge in [-0.3, -0.25) is 0 Å². The monoisotopic (exact) mass is 208 g/mol. The fourth-order valence-corrected chi connectivity index (χ4v) is 1.65. The van der Waals surface area contributed by atoms with Crippen molar-refractivity contribution in [2.45, 2.75) is 25.6 Å². The molecule has 1 aromatic rings. The van der Waals surface area contributed by atoms with Gasteiger partial charge in [-0.1, -0.05) is 12.1 Å². The van der Waals surface area contributed by atoms with E-state index in [0.29, 0.717) is 6.61 Å². The molecular formula is C12H16O3. The molecule has 0 saturated carbocycles. The van der Waals surface area contributed by atoms with Crippen molar-refractivity contribution in [2.24, 2.45) is 0 Å². The van der Waals surface area contributed by atoms with Crippen molar-refractivity contribution in [2.75, 3.05) is 13.2 Å². The van der Waals surface area contributed by atoms with Gasteiger partial charge in [-0.05, 0) is 24.6 Å². The van der Waals surface area contributed by atoms with Crippen LogP contribution in [0.3, 0.4) is 0 Å². The Bertz CT molecular complexity index is 316. The lowest BCUT2D eigenvalue weighted by atomic mass is 10.1. The normalized spacial score (nSPS) is 22.7. The summed E-state index contributed by atoms with van der Waals surface area (Å²) in [6.45, 7) is 3.19. The van der Waals surface area contributed by atoms with Crippen LogP contribution in [0.4, 0.5) is 0 Å². The van der Waals surface area contributed by atoms with Crippen molar-refractivity contribution in [1.82, 2.24) is 0 Å². The van der Waals surface area contributed by atoms with Gasteiger partial charge in [0, 0.05) is 6.42 Å². The van der Waals surface area contributed by atoms with Gasteiger partial charge in [0.15, 0.2) is 0 Å². The van der Waals surface area contributed by atoms with Crippen molar-refractivity contribution < 1.29 is 14.6 Å². The Morgan fingerprint density at radius 2 is 2.40 bits per heavy atom. The number of hydrogen-bond acceptors (Lipinski definition) is 3. The van der Waals surface area contributed by atoms with E-state index in [2.05, 4.69) is 0 Å². The molecule has 0 aliphatic carbocycles. The summed E-state index contributed by atoms with van der Waals surface area (Å²) in [4.78, 5) is 0. The third-order valence-corrected chi connectivity index (χ3v) is 2.53. The highest BCUT2D eigenvalue weighted by Crippen LogP contribution is 2.21. The predicted molar refractivity (Wildman–Crippen MR) is 56.9 cm³/mol. The number of benzene rings is 1. The maximum atomic E-state index is 9.43. The van der Waals surface area contributed by atoms with Crippen molar-refractivity contribution in [1.29, 1.82) is 0 Å². The van der Waals surface area contributed by atoms with Crippen molar-refractivity contribution >= 4 is 0 Å². The lowest BCUT2D eigenvalue weighted by Crippen LogP contribution is -2.15. The molecule has 0 bridgehead atoms. The maximum Gasteiger partial charge on any atom is 0.124 e. The molecule has 1 heterocycles. The van der Waals surface area contributed by atoms with E-state index in [1.807, 2.05) is 24.3 Å². The van der Waals surface area contributed by atoms with Gasteiger partial charge in [-0.25, -0.2) is 0 Å². The van der Waals surface area contributed by atoms with Crippen LogP contribution in [0.2, 0.25) is 0 Å². The topological polar surface area (TPSA) is 38.7 Å². The molecule has 15 heavy (non-hydrogen) atoms. The minimum Gasteiger partial charge on any atom is -0.488 e. The van der Waals surface area contributed by atoms with Crippen LogP contribution in [0.15, 0.2) is 24.3 Å². The Morgan fingerprint density at radius 1 is 1.53 bits per heavy atom. The lowest BCUT2D eigenvalue weighted by Gasteiger charge is -2.13. The summed E-state index contributed by atoms with van der Waals surface area (Å²) >= 11 is 0. The molecule has 3 heteroatoms. The Balaban J connectivity index is 2.04. The van der Waals surface area contributed by atoms with Gasteiger partial charge >= 0.3 is 0 Å². The minimum atomic E-state index is -0.451. The number of aliphatic hydroxyl groups excluding tert-OH is 1. The van der Waals surface area contributed by atoms with Crippen LogP contribution in [-0.2, 0) is 4.74 Å². The van der Waals surface area contributed by atoms with Gasteiger partial charge in [-0.2, -0.15) is 0 Å². The smallest absolute Gasteiger partial charge is 0.124 e. The first kappa shape index (κ1) is 10.5. The van der Waals surface area contributed by atoms with Crippen LogP contribution in [0.25, 0.3) is 0 Å². The van der Waals surface area contributed by atoms with Crippen LogP contribution >= 0.6 is 0 Å². The first-order chi connectivity index (χ1) is 7.25. The summed E-state index contributed by atoms with van der Waals surface area (Å²) in [7, 11) is 0. The third kappa shape index (κ3) is 2.70. The number of aliphatic hydroxyl groups is 1. The molecule has 1 N–H and O–H groups in total. The van der Waals surface area contributed by atoms with E-state index >= 15 is 0 Å². The summed E-state index contributed by atoms with van der Waals surface area (Å²) in [5, 5.41) is 9.43. The number of ether oxygens (including phenoxy) is 2. The summed E-state index contributed by atoms with van der Waals surface area (Å²) in [6, 6.07) is 7.57. The van der Waals surface area contributed by atoms with Gasteiger partial charge in [0.25, 0.3) is 0 Å². The van der Waals surface area contributed by atoms with Crippen LogP contribution in [-0.4, -0.2) is 24.4 Å². The second-order valence-electron chi connectivity index (χ2n) is 3.85. The molecule has 82 valence electrons. The van der Waals surface area contributed by atoms with Gasteiger partial charge < -0.3 is 14.6 Å². The number of rotatable bonds is 3. The Morgan fingerprint density at radius 3 is 3.07 bits per heavy atom. The van der Waals surface area contributed by atoms with E-state index in [4.69, 9.17) is 9.47 Å². The zero-order chi connectivity index (χ0) is 10.7. The van der Waals surface area contributed by atoms with Gasteiger partial charge in [0.2, 0.25) is 0 Å². The van der Waals surface area contributed by atoms with E-state index in [1.54, 1.807) is 6.92 Å². The molecule has 2 unspecified atom stereocenters. The molecule has 1 aliphatic rings. The zero-order valence-electron chi connectivity index (χ0n) is 8.85. The Labute approximate surface area is 89.6 Å². The summed E-state index contributed by atoms with van der Waals surface area (Å²) < 4.78 is 11.0. The van der Waals surface area contributed by atoms with Gasteiger partial charge in [0.05, 0.1) is 19.3 Å². The van der Waals surface area contributed by atoms with Crippen LogP contribution in [0.5, 0.6) is 5.75 Å². The summed E-state index contributed by atoms with van der Waals surface area (Å²) in [5.74, 6) is 0.809. The highest BCUT2D eigenvalue weighted by molar-refractivity contribution is 5.29. The summed E-state index contributed by atoms with van der Waals surface area (Å²) in [6.07, 6.45) is 0.654. The van der Waals surface area contributed by atoms with Crippen molar-refractivity contribution in [3.8, 4) is 5.75 Å². The predicted octanol–water partition coefficient (Wildman–Crippen LogP) is 1.91. The second-order valence-corrected chi connectivity index (χ2v) is 3.85. The summed E-state index contributed by atoms with van der Waals surface area (Å²) in [5.41, 5.74) is 0.881. The highest BCUT2D eigenvalue weighted by atomic mass is 16.5. The molecule has 3 nitrogen and oxygen atoms in total. The first-order valence-corrected chi connectivity index (χ1v) is 5.28. The Kier molecular flexibility index (Phi) is 3.23. The SMILES string of the molecule is CC(O)c1cccc(OC2CCOC2)c1. The molecule has 1 saturated heterocycles. The molecule has 0 radical (unpaired) electrons. The average molecular weight is 208 g/mol. The third-order valence-electron chi connectivity index (χ3n) is 2.53. The van der Waals surface area contributed by atoms with E-state index in [9.17, 15) is 5.11 Å². The van der Waals surface area contributed by atoms with Crippen molar-refractivity contribution in [3.63, 3.8) is 0 Å². The fraction of sp³-hybridized carbons (Fsp3) is 0.500. The largest absolute Gasteiger partial charge is 0.488 e. The van der Waals surface area contributed by atoms with Crippen LogP contribution < -0.4 is 4.74 Å². The van der Waals surface area contributed by atoms with Gasteiger partial charge in [0.1, 0.15) is 11.9 Å². The molecule has 0 spiro atoms. The molecule has 2 atom stereocenters. The molecule has 1 fully saturated rings. The van der Waals surface area contributed by atoms with Crippen LogP contribution in [0.1, 0.15) is 25.0 Å². The maximum absolute atomic E-state index is 9.43. The number of hydrogen-bond donors (Lipinski definition) is 1.